The number of nitrogens with one attached hydrogen (secondary N) is 2. The van der Waals surface area contributed by atoms with E-state index >= 15 is 0 Å². The zero-order chi connectivity index (χ0) is 13.2. The van der Waals surface area contributed by atoms with Gasteiger partial charge in [0.2, 0.25) is 5.91 Å². The highest BCUT2D eigenvalue weighted by atomic mass is 79.9. The van der Waals surface area contributed by atoms with Gasteiger partial charge in [0.25, 0.3) is 0 Å². The van der Waals surface area contributed by atoms with Gasteiger partial charge in [0, 0.05) is 23.2 Å². The molecule has 1 aromatic rings. The second kappa shape index (κ2) is 5.38. The number of carbonyl (C=O) groups excluding carboxylic acids is 1. The number of hydrogen-bond donors (Lipinski definition) is 2. The van der Waals surface area contributed by atoms with Crippen molar-refractivity contribution in [3.8, 4) is 0 Å². The van der Waals surface area contributed by atoms with Crippen LogP contribution >= 0.6 is 15.9 Å². The van der Waals surface area contributed by atoms with Crippen LogP contribution in [0.15, 0.2) is 22.7 Å². The van der Waals surface area contributed by atoms with Gasteiger partial charge in [-0.15, -0.1) is 0 Å². The smallest absolute Gasteiger partial charge is 0.250 e. The van der Waals surface area contributed by atoms with Crippen molar-refractivity contribution in [3.63, 3.8) is 0 Å². The summed E-state index contributed by atoms with van der Waals surface area (Å²) in [4.78, 5) is 11.7. The molecule has 1 aliphatic heterocycles. The SMILES string of the molecule is Cc1cc(NC(=O)COC2(C)CNC2)ccc1Br. The van der Waals surface area contributed by atoms with E-state index in [0.717, 1.165) is 28.8 Å². The van der Waals surface area contributed by atoms with E-state index in [0.29, 0.717) is 0 Å². The first-order chi connectivity index (χ1) is 8.48. The van der Waals surface area contributed by atoms with Crippen molar-refractivity contribution in [3.05, 3.63) is 28.2 Å². The van der Waals surface area contributed by atoms with Gasteiger partial charge in [-0.25, -0.2) is 0 Å². The van der Waals surface area contributed by atoms with Gasteiger partial charge in [-0.2, -0.15) is 0 Å². The Labute approximate surface area is 115 Å². The third-order valence-electron chi connectivity index (χ3n) is 2.99. The zero-order valence-corrected chi connectivity index (χ0v) is 12.1. The highest BCUT2D eigenvalue weighted by Gasteiger charge is 2.32. The number of anilines is 1. The van der Waals surface area contributed by atoms with Gasteiger partial charge in [0.15, 0.2) is 0 Å². The summed E-state index contributed by atoms with van der Waals surface area (Å²) in [7, 11) is 0. The molecule has 1 aliphatic rings. The van der Waals surface area contributed by atoms with E-state index in [1.54, 1.807) is 0 Å². The summed E-state index contributed by atoms with van der Waals surface area (Å²) >= 11 is 3.43. The lowest BCUT2D eigenvalue weighted by molar-refractivity contribution is -0.130. The van der Waals surface area contributed by atoms with Gasteiger partial charge in [0.05, 0.1) is 5.60 Å². The first kappa shape index (κ1) is 13.5. The molecule has 18 heavy (non-hydrogen) atoms. The molecule has 1 fully saturated rings. The molecule has 0 atom stereocenters. The number of rotatable bonds is 4. The summed E-state index contributed by atoms with van der Waals surface area (Å²) < 4.78 is 6.60. The van der Waals surface area contributed by atoms with E-state index in [2.05, 4.69) is 26.6 Å². The van der Waals surface area contributed by atoms with E-state index in [1.165, 1.54) is 0 Å². The molecule has 1 amide bonds. The molecule has 98 valence electrons. The fourth-order valence-electron chi connectivity index (χ4n) is 1.74. The van der Waals surface area contributed by atoms with E-state index in [1.807, 2.05) is 32.0 Å². The fourth-order valence-corrected chi connectivity index (χ4v) is 1.99. The molecule has 0 radical (unpaired) electrons. The quantitative estimate of drug-likeness (QED) is 0.895. The van der Waals surface area contributed by atoms with Crippen molar-refractivity contribution >= 4 is 27.5 Å². The summed E-state index contributed by atoms with van der Waals surface area (Å²) in [5, 5.41) is 5.95. The van der Waals surface area contributed by atoms with Crippen molar-refractivity contribution in [1.29, 1.82) is 0 Å². The summed E-state index contributed by atoms with van der Waals surface area (Å²) in [6, 6.07) is 5.71. The van der Waals surface area contributed by atoms with Crippen molar-refractivity contribution < 1.29 is 9.53 Å². The van der Waals surface area contributed by atoms with E-state index in [-0.39, 0.29) is 18.1 Å². The molecule has 2 N–H and O–H groups in total. The Balaban J connectivity index is 1.85. The van der Waals surface area contributed by atoms with E-state index in [9.17, 15) is 4.79 Å². The summed E-state index contributed by atoms with van der Waals surface area (Å²) in [6.45, 7) is 5.68. The largest absolute Gasteiger partial charge is 0.363 e. The molecular weight excluding hydrogens is 296 g/mol. The summed E-state index contributed by atoms with van der Waals surface area (Å²) in [5.74, 6) is -0.121. The lowest BCUT2D eigenvalue weighted by Crippen LogP contribution is -2.59. The summed E-state index contributed by atoms with van der Waals surface area (Å²) in [6.07, 6.45) is 0. The molecule has 0 bridgehead atoms. The van der Waals surface area contributed by atoms with Crippen LogP contribution in [0.4, 0.5) is 5.69 Å². The molecule has 2 rings (SSSR count). The highest BCUT2D eigenvalue weighted by molar-refractivity contribution is 9.10. The van der Waals surface area contributed by atoms with Crippen molar-refractivity contribution in [2.24, 2.45) is 0 Å². The normalized spacial score (nSPS) is 17.1. The van der Waals surface area contributed by atoms with Crippen molar-refractivity contribution in [1.82, 2.24) is 5.32 Å². The molecule has 1 aromatic carbocycles. The van der Waals surface area contributed by atoms with Crippen LogP contribution in [0.3, 0.4) is 0 Å². The second-order valence-electron chi connectivity index (χ2n) is 4.85. The number of ether oxygens (including phenoxy) is 1. The molecule has 4 nitrogen and oxygen atoms in total. The molecular formula is C13H17BrN2O2. The molecule has 0 saturated carbocycles. The number of aryl methyl sites for hydroxylation is 1. The van der Waals surface area contributed by atoms with Gasteiger partial charge >= 0.3 is 0 Å². The minimum absolute atomic E-state index is 0.0906. The molecule has 0 unspecified atom stereocenters. The minimum atomic E-state index is -0.188. The molecule has 1 heterocycles. The zero-order valence-electron chi connectivity index (χ0n) is 10.5. The molecule has 0 aromatic heterocycles. The van der Waals surface area contributed by atoms with Crippen LogP contribution in [0, 0.1) is 6.92 Å². The Bertz CT molecular complexity index is 458. The van der Waals surface area contributed by atoms with Crippen LogP contribution < -0.4 is 10.6 Å². The van der Waals surface area contributed by atoms with Crippen LogP contribution in [0.2, 0.25) is 0 Å². The van der Waals surface area contributed by atoms with Gasteiger partial charge in [-0.3, -0.25) is 4.79 Å². The van der Waals surface area contributed by atoms with Gasteiger partial charge < -0.3 is 15.4 Å². The van der Waals surface area contributed by atoms with Crippen LogP contribution in [-0.2, 0) is 9.53 Å². The maximum absolute atomic E-state index is 11.7. The van der Waals surface area contributed by atoms with Crippen LogP contribution in [0.1, 0.15) is 12.5 Å². The van der Waals surface area contributed by atoms with E-state index in [4.69, 9.17) is 4.74 Å². The topological polar surface area (TPSA) is 50.4 Å². The Morgan fingerprint density at radius 3 is 2.83 bits per heavy atom. The Hall–Kier alpha value is -0.910. The van der Waals surface area contributed by atoms with Gasteiger partial charge in [-0.05, 0) is 37.6 Å². The molecule has 0 spiro atoms. The third kappa shape index (κ3) is 3.31. The maximum atomic E-state index is 11.7. The average Bonchev–Trinajstić information content (AvgIpc) is 2.29. The average molecular weight is 313 g/mol. The highest BCUT2D eigenvalue weighted by Crippen LogP contribution is 2.20. The third-order valence-corrected chi connectivity index (χ3v) is 3.88. The van der Waals surface area contributed by atoms with Crippen molar-refractivity contribution in [2.45, 2.75) is 19.4 Å². The minimum Gasteiger partial charge on any atom is -0.363 e. The first-order valence-corrected chi connectivity index (χ1v) is 6.68. The molecule has 1 saturated heterocycles. The maximum Gasteiger partial charge on any atom is 0.250 e. The number of halogens is 1. The fraction of sp³-hybridized carbons (Fsp3) is 0.462. The van der Waals surface area contributed by atoms with Crippen LogP contribution in [-0.4, -0.2) is 31.2 Å². The number of hydrogen-bond acceptors (Lipinski definition) is 3. The van der Waals surface area contributed by atoms with Crippen LogP contribution in [0.5, 0.6) is 0 Å². The molecule has 0 aliphatic carbocycles. The molecule has 5 heteroatoms. The van der Waals surface area contributed by atoms with E-state index < -0.39 is 0 Å². The number of carbonyl (C=O) groups is 1. The predicted octanol–water partition coefficient (Wildman–Crippen LogP) is 2.07. The second-order valence-corrected chi connectivity index (χ2v) is 5.71. The standard InChI is InChI=1S/C13H17BrN2O2/c1-9-5-10(3-4-11(9)14)16-12(17)6-18-13(2)7-15-8-13/h3-5,15H,6-8H2,1-2H3,(H,16,17). The lowest BCUT2D eigenvalue weighted by atomic mass is 10.0. The Morgan fingerprint density at radius 1 is 1.56 bits per heavy atom. The van der Waals surface area contributed by atoms with Crippen LogP contribution in [0.25, 0.3) is 0 Å². The Kier molecular flexibility index (Phi) is 4.04. The number of benzene rings is 1. The lowest BCUT2D eigenvalue weighted by Gasteiger charge is -2.38. The summed E-state index contributed by atoms with van der Waals surface area (Å²) in [5.41, 5.74) is 1.69. The monoisotopic (exact) mass is 312 g/mol. The first-order valence-electron chi connectivity index (χ1n) is 5.89. The Morgan fingerprint density at radius 2 is 2.28 bits per heavy atom. The van der Waals surface area contributed by atoms with Gasteiger partial charge in [-0.1, -0.05) is 15.9 Å². The van der Waals surface area contributed by atoms with Crippen molar-refractivity contribution in [2.75, 3.05) is 25.0 Å². The van der Waals surface area contributed by atoms with Gasteiger partial charge in [0.1, 0.15) is 6.61 Å². The number of amides is 1. The predicted molar refractivity (Wildman–Crippen MR) is 74.7 cm³/mol.